The molecule has 1 heterocycles. The van der Waals surface area contributed by atoms with E-state index in [0.717, 1.165) is 22.4 Å². The van der Waals surface area contributed by atoms with E-state index in [1.165, 1.54) is 12.1 Å². The van der Waals surface area contributed by atoms with Gasteiger partial charge >= 0.3 is 29.6 Å². The van der Waals surface area contributed by atoms with Gasteiger partial charge in [0.25, 0.3) is 5.91 Å². The third kappa shape index (κ3) is 10.5. The fraction of sp³-hybridized carbons (Fsp3) is 0.351. The van der Waals surface area contributed by atoms with Crippen LogP contribution in [0.25, 0.3) is 22.3 Å². The van der Waals surface area contributed by atoms with Crippen molar-refractivity contribution < 1.29 is 68.3 Å². The predicted molar refractivity (Wildman–Crippen MR) is 175 cm³/mol. The SMILES string of the molecule is COCCOc1ccc(CNC(=O)c2c(-c3ccccc3)c(-c3ccc(F)cc3)c(CC[C@@H](O)C[C@@H](O)CC(=O)[O-])n2C(C)C)cc1.[Na+]. The summed E-state index contributed by atoms with van der Waals surface area (Å²) in [6.07, 6.45) is -2.51. The van der Waals surface area contributed by atoms with Crippen LogP contribution in [0.15, 0.2) is 78.9 Å². The molecule has 0 unspecified atom stereocenters. The third-order valence-electron chi connectivity index (χ3n) is 7.83. The summed E-state index contributed by atoms with van der Waals surface area (Å²) in [4.78, 5) is 25.2. The smallest absolute Gasteiger partial charge is 0.550 e. The molecular formula is C37H42FN2NaO7. The molecule has 0 bridgehead atoms. The summed E-state index contributed by atoms with van der Waals surface area (Å²) in [5.74, 6) is -1.41. The molecule has 0 radical (unpaired) electrons. The molecule has 4 aromatic rings. The molecule has 0 saturated heterocycles. The van der Waals surface area contributed by atoms with Crippen molar-refractivity contribution in [3.05, 3.63) is 102 Å². The molecule has 3 aromatic carbocycles. The van der Waals surface area contributed by atoms with Crippen molar-refractivity contribution >= 4 is 11.9 Å². The number of aliphatic hydroxyl groups is 2. The Hall–Kier alpha value is -3.51. The van der Waals surface area contributed by atoms with Crippen molar-refractivity contribution in [1.82, 2.24) is 9.88 Å². The van der Waals surface area contributed by atoms with Crippen molar-refractivity contribution in [2.24, 2.45) is 0 Å². The third-order valence-corrected chi connectivity index (χ3v) is 7.83. The van der Waals surface area contributed by atoms with Gasteiger partial charge in [0.1, 0.15) is 23.9 Å². The van der Waals surface area contributed by atoms with Gasteiger partial charge in [-0.05, 0) is 74.1 Å². The topological polar surface area (TPSA) is 133 Å². The summed E-state index contributed by atoms with van der Waals surface area (Å²) >= 11 is 0. The maximum Gasteiger partial charge on any atom is 1.00 e. The van der Waals surface area contributed by atoms with Gasteiger partial charge in [-0.25, -0.2) is 4.39 Å². The zero-order chi connectivity index (χ0) is 33.9. The van der Waals surface area contributed by atoms with Gasteiger partial charge in [0, 0.05) is 48.9 Å². The molecule has 250 valence electrons. The van der Waals surface area contributed by atoms with Crippen LogP contribution < -0.4 is 44.7 Å². The summed E-state index contributed by atoms with van der Waals surface area (Å²) in [6, 6.07) is 22.8. The van der Waals surface area contributed by atoms with E-state index in [2.05, 4.69) is 5.32 Å². The summed E-state index contributed by atoms with van der Waals surface area (Å²) < 4.78 is 26.7. The molecule has 0 spiro atoms. The Kier molecular flexibility index (Phi) is 15.3. The number of carboxylic acid groups (broad SMARTS) is 1. The van der Waals surface area contributed by atoms with Crippen LogP contribution >= 0.6 is 0 Å². The molecule has 0 aliphatic heterocycles. The van der Waals surface area contributed by atoms with Gasteiger partial charge in [-0.1, -0.05) is 54.6 Å². The first-order valence-electron chi connectivity index (χ1n) is 15.7. The Morgan fingerprint density at radius 3 is 2.15 bits per heavy atom. The minimum absolute atomic E-state index is 0. The first-order chi connectivity index (χ1) is 22.6. The van der Waals surface area contributed by atoms with E-state index in [0.29, 0.717) is 42.2 Å². The fourth-order valence-electron chi connectivity index (χ4n) is 5.71. The number of rotatable bonds is 17. The number of carbonyl (C=O) groups is 2. The van der Waals surface area contributed by atoms with Crippen LogP contribution in [0, 0.1) is 5.82 Å². The largest absolute Gasteiger partial charge is 1.00 e. The molecule has 0 fully saturated rings. The number of hydrogen-bond donors (Lipinski definition) is 3. The van der Waals surface area contributed by atoms with E-state index < -0.39 is 30.4 Å². The summed E-state index contributed by atoms with van der Waals surface area (Å²) in [7, 11) is 1.61. The van der Waals surface area contributed by atoms with Crippen LogP contribution in [0.1, 0.15) is 60.9 Å². The Morgan fingerprint density at radius 1 is 0.896 bits per heavy atom. The van der Waals surface area contributed by atoms with Crippen LogP contribution in [0.4, 0.5) is 4.39 Å². The van der Waals surface area contributed by atoms with E-state index in [-0.39, 0.29) is 60.9 Å². The molecule has 3 N–H and O–H groups in total. The Bertz CT molecular complexity index is 1610. The van der Waals surface area contributed by atoms with Gasteiger partial charge < -0.3 is 39.5 Å². The number of methoxy groups -OCH3 is 1. The number of amides is 1. The van der Waals surface area contributed by atoms with Crippen molar-refractivity contribution in [2.45, 2.75) is 64.3 Å². The summed E-state index contributed by atoms with van der Waals surface area (Å²) in [5.41, 5.74) is 4.94. The maximum absolute atomic E-state index is 14.2. The number of ether oxygens (including phenoxy) is 2. The van der Waals surface area contributed by atoms with E-state index in [1.54, 1.807) is 19.2 Å². The summed E-state index contributed by atoms with van der Waals surface area (Å²) in [6.45, 7) is 5.09. The number of nitrogens with zero attached hydrogens (tertiary/aromatic N) is 1. The van der Waals surface area contributed by atoms with Crippen LogP contribution in [0.3, 0.4) is 0 Å². The average Bonchev–Trinajstić information content (AvgIpc) is 3.39. The van der Waals surface area contributed by atoms with E-state index in [4.69, 9.17) is 9.47 Å². The standard InChI is InChI=1S/C37H43FN2O7.Na/c1-24(2)40-32(18-15-29(41)21-30(42)22-33(43)44)34(27-11-13-28(38)14-12-27)35(26-7-5-4-6-8-26)36(40)37(45)39-23-25-9-16-31(17-10-25)47-20-19-46-3;/h4-14,16-17,24,29-30,41-42H,15,18-23H2,1-3H3,(H,39,45)(H,43,44);/q;+1/p-1/t29-,30-;/m1./s1. The van der Waals surface area contributed by atoms with Crippen LogP contribution in [-0.2, 0) is 22.5 Å². The average molecular weight is 669 g/mol. The number of hydrogen-bond acceptors (Lipinski definition) is 7. The number of aliphatic carboxylic acids is 1. The normalized spacial score (nSPS) is 12.3. The molecule has 1 aromatic heterocycles. The first-order valence-corrected chi connectivity index (χ1v) is 15.7. The van der Waals surface area contributed by atoms with Crippen LogP contribution in [0.5, 0.6) is 5.75 Å². The molecule has 9 nitrogen and oxygen atoms in total. The molecule has 1 amide bonds. The Labute approximate surface area is 303 Å². The van der Waals surface area contributed by atoms with Gasteiger partial charge in [0.2, 0.25) is 0 Å². The van der Waals surface area contributed by atoms with Crippen LogP contribution in [-0.4, -0.2) is 59.2 Å². The van der Waals surface area contributed by atoms with Gasteiger partial charge in [-0.2, -0.15) is 0 Å². The van der Waals surface area contributed by atoms with Crippen molar-refractivity contribution in [3.8, 4) is 28.0 Å². The zero-order valence-corrected chi connectivity index (χ0v) is 29.9. The Balaban J connectivity index is 0.00000625. The molecule has 2 atom stereocenters. The second-order valence-corrected chi connectivity index (χ2v) is 11.7. The number of halogens is 1. The number of benzene rings is 3. The minimum Gasteiger partial charge on any atom is -0.550 e. The number of nitrogens with one attached hydrogen (secondary N) is 1. The second-order valence-electron chi connectivity index (χ2n) is 11.7. The number of aromatic nitrogens is 1. The van der Waals surface area contributed by atoms with Gasteiger partial charge in [-0.3, -0.25) is 4.79 Å². The minimum atomic E-state index is -1.40. The fourth-order valence-corrected chi connectivity index (χ4v) is 5.71. The molecule has 0 saturated carbocycles. The number of carbonyl (C=O) groups excluding carboxylic acids is 2. The van der Waals surface area contributed by atoms with Crippen molar-refractivity contribution in [3.63, 3.8) is 0 Å². The van der Waals surface area contributed by atoms with E-state index >= 15 is 0 Å². The first kappa shape index (κ1) is 38.9. The van der Waals surface area contributed by atoms with Gasteiger partial charge in [-0.15, -0.1) is 0 Å². The van der Waals surface area contributed by atoms with E-state index in [9.17, 15) is 29.3 Å². The summed E-state index contributed by atoms with van der Waals surface area (Å²) in [5, 5.41) is 34.9. The second kappa shape index (κ2) is 18.9. The van der Waals surface area contributed by atoms with Gasteiger partial charge in [0.15, 0.2) is 0 Å². The molecule has 48 heavy (non-hydrogen) atoms. The number of aliphatic hydroxyl groups excluding tert-OH is 2. The molecule has 11 heteroatoms. The molecule has 0 aliphatic carbocycles. The Morgan fingerprint density at radius 2 is 1.54 bits per heavy atom. The van der Waals surface area contributed by atoms with Crippen molar-refractivity contribution in [1.29, 1.82) is 0 Å². The van der Waals surface area contributed by atoms with E-state index in [1.807, 2.05) is 73.0 Å². The molecule has 4 rings (SSSR count). The molecular weight excluding hydrogens is 626 g/mol. The number of carboxylic acids is 1. The quantitative estimate of drug-likeness (QED) is 0.115. The monoisotopic (exact) mass is 668 g/mol. The van der Waals surface area contributed by atoms with Crippen molar-refractivity contribution in [2.75, 3.05) is 20.3 Å². The maximum atomic E-state index is 14.2. The zero-order valence-electron chi connectivity index (χ0n) is 27.9. The molecule has 0 aliphatic rings. The van der Waals surface area contributed by atoms with Gasteiger partial charge in [0.05, 0.1) is 18.8 Å². The predicted octanol–water partition coefficient (Wildman–Crippen LogP) is 1.69. The van der Waals surface area contributed by atoms with Crippen LogP contribution in [0.2, 0.25) is 0 Å².